The van der Waals surface area contributed by atoms with Crippen molar-refractivity contribution < 1.29 is 9.59 Å². The Hall–Kier alpha value is -3.20. The number of aromatic nitrogens is 2. The van der Waals surface area contributed by atoms with Gasteiger partial charge in [0.1, 0.15) is 11.4 Å². The molecule has 2 aliphatic carbocycles. The zero-order valence-electron chi connectivity index (χ0n) is 18.7. The molecule has 1 aromatic carbocycles. The lowest BCUT2D eigenvalue weighted by molar-refractivity contribution is -0.119. The van der Waals surface area contributed by atoms with E-state index in [0.29, 0.717) is 11.8 Å². The molecule has 2 amide bonds. The number of aryl methyl sites for hydroxylation is 1. The summed E-state index contributed by atoms with van der Waals surface area (Å²) < 4.78 is 0. The lowest BCUT2D eigenvalue weighted by Crippen LogP contribution is -2.43. The summed E-state index contributed by atoms with van der Waals surface area (Å²) in [6.07, 6.45) is 9.48. The third-order valence-corrected chi connectivity index (χ3v) is 6.85. The van der Waals surface area contributed by atoms with Gasteiger partial charge in [0.2, 0.25) is 11.9 Å². The normalized spacial score (nSPS) is 22.4. The van der Waals surface area contributed by atoms with Crippen LogP contribution in [0.3, 0.4) is 0 Å². The van der Waals surface area contributed by atoms with Crippen molar-refractivity contribution in [3.8, 4) is 0 Å². The van der Waals surface area contributed by atoms with Crippen molar-refractivity contribution in [1.29, 1.82) is 0 Å². The average molecular weight is 450 g/mol. The van der Waals surface area contributed by atoms with Gasteiger partial charge in [-0.2, -0.15) is 4.98 Å². The van der Waals surface area contributed by atoms with Gasteiger partial charge in [-0.1, -0.05) is 18.9 Å². The Morgan fingerprint density at radius 1 is 1.09 bits per heavy atom. The number of benzene rings is 1. The van der Waals surface area contributed by atoms with Crippen LogP contribution in [0.5, 0.6) is 0 Å². The summed E-state index contributed by atoms with van der Waals surface area (Å²) in [5.41, 5.74) is 14.9. The number of hydrogen-bond acceptors (Lipinski definition) is 7. The van der Waals surface area contributed by atoms with Gasteiger partial charge in [0, 0.05) is 42.1 Å². The molecule has 3 aliphatic rings. The number of fused-ring (bicyclic) bond motifs is 1. The number of nitrogens with two attached hydrogens (primary N) is 2. The third kappa shape index (κ3) is 4.64. The van der Waals surface area contributed by atoms with Crippen molar-refractivity contribution in [3.63, 3.8) is 0 Å². The first-order valence-electron chi connectivity index (χ1n) is 11.9. The number of nitrogens with one attached hydrogen (secondary N) is 2. The molecule has 9 heteroatoms. The van der Waals surface area contributed by atoms with Crippen molar-refractivity contribution in [3.05, 3.63) is 35.5 Å². The van der Waals surface area contributed by atoms with Gasteiger partial charge in [0.15, 0.2) is 0 Å². The second-order valence-electron chi connectivity index (χ2n) is 9.36. The fourth-order valence-corrected chi connectivity index (χ4v) is 4.80. The van der Waals surface area contributed by atoms with E-state index in [-0.39, 0.29) is 29.5 Å². The van der Waals surface area contributed by atoms with E-state index in [4.69, 9.17) is 11.5 Å². The van der Waals surface area contributed by atoms with E-state index < -0.39 is 5.91 Å². The molecule has 9 nitrogen and oxygen atoms in total. The Balaban J connectivity index is 1.41. The maximum atomic E-state index is 12.8. The van der Waals surface area contributed by atoms with E-state index in [1.54, 1.807) is 0 Å². The summed E-state index contributed by atoms with van der Waals surface area (Å²) in [7, 11) is 0. The highest BCUT2D eigenvalue weighted by Crippen LogP contribution is 2.37. The maximum absolute atomic E-state index is 12.8. The molecule has 2 fully saturated rings. The quantitative estimate of drug-likeness (QED) is 0.532. The van der Waals surface area contributed by atoms with Gasteiger partial charge in [-0.25, -0.2) is 4.98 Å². The van der Waals surface area contributed by atoms with Crippen LogP contribution in [0.25, 0.3) is 0 Å². The van der Waals surface area contributed by atoms with E-state index >= 15 is 0 Å². The topological polar surface area (TPSA) is 139 Å². The predicted molar refractivity (Wildman–Crippen MR) is 128 cm³/mol. The molecule has 1 aromatic heterocycles. The van der Waals surface area contributed by atoms with Gasteiger partial charge in [-0.15, -0.1) is 0 Å². The number of rotatable bonds is 6. The molecule has 0 radical (unpaired) electrons. The lowest BCUT2D eigenvalue weighted by atomic mass is 9.91. The van der Waals surface area contributed by atoms with Crippen LogP contribution in [-0.4, -0.2) is 40.4 Å². The second-order valence-corrected chi connectivity index (χ2v) is 9.36. The highest BCUT2D eigenvalue weighted by Gasteiger charge is 2.35. The molecule has 2 atom stereocenters. The number of carbonyl (C=O) groups is 2. The average Bonchev–Trinajstić information content (AvgIpc) is 3.65. The Labute approximate surface area is 193 Å². The number of carbonyl (C=O) groups excluding carboxylic acids is 2. The fraction of sp³-hybridized carbons (Fsp3) is 0.500. The summed E-state index contributed by atoms with van der Waals surface area (Å²) in [5, 5.41) is 6.56. The first kappa shape index (κ1) is 21.6. The number of nitrogens with zero attached hydrogens (tertiary/aromatic N) is 3. The molecule has 0 bridgehead atoms. The molecular weight excluding hydrogens is 418 g/mol. The SMILES string of the molecule is NC(=O)c1cnc(N[C@@H]2CCCC[C@@H]2N)nc1Nc1ccc2c(c1)N(C(=O)C1CC1)CCC2. The zero-order chi connectivity index (χ0) is 22.9. The maximum Gasteiger partial charge on any atom is 0.254 e. The van der Waals surface area contributed by atoms with Crippen LogP contribution in [0.1, 0.15) is 60.9 Å². The standard InChI is InChI=1S/C24H31N7O2/c25-18-5-1-2-6-19(18)29-24-27-13-17(21(26)32)22(30-24)28-16-10-9-14-4-3-11-31(20(14)12-16)23(33)15-7-8-15/h9-10,12-13,15,18-19H,1-8,11,25H2,(H2,26,32)(H2,27,28,29,30)/t18-,19+/m0/s1. The second kappa shape index (κ2) is 8.97. The van der Waals surface area contributed by atoms with E-state index in [1.807, 2.05) is 23.1 Å². The minimum atomic E-state index is -0.609. The molecule has 174 valence electrons. The van der Waals surface area contributed by atoms with Gasteiger partial charge in [0.25, 0.3) is 5.91 Å². The Morgan fingerprint density at radius 2 is 1.91 bits per heavy atom. The molecule has 2 aromatic rings. The van der Waals surface area contributed by atoms with Crippen molar-refractivity contribution in [2.45, 2.75) is 63.5 Å². The minimum Gasteiger partial charge on any atom is -0.365 e. The highest BCUT2D eigenvalue weighted by molar-refractivity contribution is 5.99. The fourth-order valence-electron chi connectivity index (χ4n) is 4.80. The Morgan fingerprint density at radius 3 is 2.67 bits per heavy atom. The predicted octanol–water partition coefficient (Wildman–Crippen LogP) is 2.69. The number of primary amides is 1. The molecule has 0 saturated heterocycles. The lowest BCUT2D eigenvalue weighted by Gasteiger charge is -2.30. The summed E-state index contributed by atoms with van der Waals surface area (Å²) in [4.78, 5) is 35.6. The molecule has 33 heavy (non-hydrogen) atoms. The van der Waals surface area contributed by atoms with Crippen molar-refractivity contribution in [2.75, 3.05) is 22.1 Å². The molecule has 5 rings (SSSR count). The molecule has 2 saturated carbocycles. The first-order valence-corrected chi connectivity index (χ1v) is 11.9. The minimum absolute atomic E-state index is 0.0465. The van der Waals surface area contributed by atoms with Crippen LogP contribution < -0.4 is 27.0 Å². The first-order chi connectivity index (χ1) is 16.0. The zero-order valence-corrected chi connectivity index (χ0v) is 18.7. The summed E-state index contributed by atoms with van der Waals surface area (Å²) in [5.74, 6) is 0.509. The number of hydrogen-bond donors (Lipinski definition) is 4. The molecule has 1 aliphatic heterocycles. The largest absolute Gasteiger partial charge is 0.365 e. The van der Waals surface area contributed by atoms with Crippen LogP contribution in [0.4, 0.5) is 23.1 Å². The van der Waals surface area contributed by atoms with Crippen LogP contribution in [-0.2, 0) is 11.2 Å². The smallest absolute Gasteiger partial charge is 0.254 e. The Bertz CT molecular complexity index is 1070. The van der Waals surface area contributed by atoms with Crippen LogP contribution >= 0.6 is 0 Å². The van der Waals surface area contributed by atoms with E-state index in [1.165, 1.54) is 6.20 Å². The Kier molecular flexibility index (Phi) is 5.88. The van der Waals surface area contributed by atoms with Gasteiger partial charge < -0.3 is 27.0 Å². The van der Waals surface area contributed by atoms with E-state index in [9.17, 15) is 9.59 Å². The van der Waals surface area contributed by atoms with E-state index in [2.05, 4.69) is 20.6 Å². The van der Waals surface area contributed by atoms with Crippen molar-refractivity contribution in [1.82, 2.24) is 9.97 Å². The van der Waals surface area contributed by atoms with Gasteiger partial charge in [0.05, 0.1) is 0 Å². The van der Waals surface area contributed by atoms with Crippen LogP contribution in [0.15, 0.2) is 24.4 Å². The summed E-state index contributed by atoms with van der Waals surface area (Å²) in [6.45, 7) is 0.738. The summed E-state index contributed by atoms with van der Waals surface area (Å²) >= 11 is 0. The van der Waals surface area contributed by atoms with Crippen molar-refractivity contribution >= 4 is 35.0 Å². The molecule has 6 N–H and O–H groups in total. The molecule has 0 spiro atoms. The van der Waals surface area contributed by atoms with E-state index in [0.717, 1.165) is 74.8 Å². The van der Waals surface area contributed by atoms with Gasteiger partial charge >= 0.3 is 0 Å². The van der Waals surface area contributed by atoms with Crippen molar-refractivity contribution in [2.24, 2.45) is 17.4 Å². The third-order valence-electron chi connectivity index (χ3n) is 6.85. The van der Waals surface area contributed by atoms with Gasteiger partial charge in [-0.05, 0) is 56.2 Å². The summed E-state index contributed by atoms with van der Waals surface area (Å²) in [6, 6.07) is 6.09. The number of amides is 2. The molecule has 0 unspecified atom stereocenters. The van der Waals surface area contributed by atoms with Gasteiger partial charge in [-0.3, -0.25) is 9.59 Å². The van der Waals surface area contributed by atoms with Crippen LogP contribution in [0.2, 0.25) is 0 Å². The van der Waals surface area contributed by atoms with Crippen LogP contribution in [0, 0.1) is 5.92 Å². The molecule has 2 heterocycles. The highest BCUT2D eigenvalue weighted by atomic mass is 16.2. The molecular formula is C24H31N7O2. The number of anilines is 4. The monoisotopic (exact) mass is 449 g/mol.